The zero-order valence-electron chi connectivity index (χ0n) is 11.2. The van der Waals surface area contributed by atoms with E-state index in [1.54, 1.807) is 0 Å². The van der Waals surface area contributed by atoms with E-state index < -0.39 is 0 Å². The van der Waals surface area contributed by atoms with Crippen molar-refractivity contribution in [2.75, 3.05) is 7.05 Å². The summed E-state index contributed by atoms with van der Waals surface area (Å²) in [6.45, 7) is 0.815. The molecule has 20 heavy (non-hydrogen) atoms. The second-order valence-electron chi connectivity index (χ2n) is 4.76. The van der Waals surface area contributed by atoms with Crippen LogP contribution >= 0.6 is 11.6 Å². The molecule has 1 N–H and O–H groups in total. The van der Waals surface area contributed by atoms with Crippen LogP contribution in [0.15, 0.2) is 54.7 Å². The van der Waals surface area contributed by atoms with Gasteiger partial charge in [0.05, 0.1) is 5.52 Å². The molecule has 0 aliphatic heterocycles. The molecule has 3 rings (SSSR count). The van der Waals surface area contributed by atoms with Crippen LogP contribution in [0.1, 0.15) is 5.56 Å². The second-order valence-corrected chi connectivity index (χ2v) is 5.17. The first-order chi connectivity index (χ1) is 9.78. The maximum Gasteiger partial charge on any atom is 0.0702 e. The molecule has 2 aromatic carbocycles. The van der Waals surface area contributed by atoms with E-state index >= 15 is 0 Å². The summed E-state index contributed by atoms with van der Waals surface area (Å²) in [6.07, 6.45) is 1.88. The van der Waals surface area contributed by atoms with Crippen LogP contribution in [0.2, 0.25) is 5.02 Å². The SMILES string of the molecule is CNCc1ccc(-c2cnc3ccccc3c2)c(Cl)c1. The summed E-state index contributed by atoms with van der Waals surface area (Å²) in [4.78, 5) is 4.49. The van der Waals surface area contributed by atoms with Crippen molar-refractivity contribution in [1.82, 2.24) is 10.3 Å². The van der Waals surface area contributed by atoms with Crippen molar-refractivity contribution in [3.63, 3.8) is 0 Å². The normalized spacial score (nSPS) is 10.9. The van der Waals surface area contributed by atoms with E-state index in [-0.39, 0.29) is 0 Å². The summed E-state index contributed by atoms with van der Waals surface area (Å²) in [5.41, 5.74) is 4.24. The van der Waals surface area contributed by atoms with Crippen LogP contribution in [0.25, 0.3) is 22.0 Å². The minimum atomic E-state index is 0.759. The number of hydrogen-bond acceptors (Lipinski definition) is 2. The average molecular weight is 283 g/mol. The summed E-state index contributed by atoms with van der Waals surface area (Å²) < 4.78 is 0. The number of pyridine rings is 1. The lowest BCUT2D eigenvalue weighted by atomic mass is 10.0. The molecule has 0 bridgehead atoms. The molecule has 0 saturated carbocycles. The van der Waals surface area contributed by atoms with E-state index in [2.05, 4.69) is 34.6 Å². The Balaban J connectivity index is 2.06. The number of para-hydroxylation sites is 1. The summed E-state index contributed by atoms with van der Waals surface area (Å²) in [6, 6.07) is 16.4. The Morgan fingerprint density at radius 2 is 1.95 bits per heavy atom. The second kappa shape index (κ2) is 5.61. The molecule has 0 spiro atoms. The van der Waals surface area contributed by atoms with E-state index in [1.165, 1.54) is 5.56 Å². The van der Waals surface area contributed by atoms with Crippen molar-refractivity contribution < 1.29 is 0 Å². The van der Waals surface area contributed by atoms with E-state index in [0.29, 0.717) is 0 Å². The molecule has 0 fully saturated rings. The number of halogens is 1. The third-order valence-electron chi connectivity index (χ3n) is 3.32. The van der Waals surface area contributed by atoms with Gasteiger partial charge in [-0.05, 0) is 30.8 Å². The van der Waals surface area contributed by atoms with Gasteiger partial charge in [-0.2, -0.15) is 0 Å². The maximum atomic E-state index is 6.40. The Labute approximate surface area is 123 Å². The van der Waals surface area contributed by atoms with Gasteiger partial charge in [-0.25, -0.2) is 0 Å². The van der Waals surface area contributed by atoms with Gasteiger partial charge < -0.3 is 5.32 Å². The highest BCUT2D eigenvalue weighted by Crippen LogP contribution is 2.30. The van der Waals surface area contributed by atoms with Crippen LogP contribution in [0, 0.1) is 0 Å². The number of nitrogens with zero attached hydrogens (tertiary/aromatic N) is 1. The molecule has 0 unspecified atom stereocenters. The van der Waals surface area contributed by atoms with Crippen molar-refractivity contribution in [2.45, 2.75) is 6.54 Å². The Morgan fingerprint density at radius 1 is 1.10 bits per heavy atom. The van der Waals surface area contributed by atoms with Gasteiger partial charge in [-0.15, -0.1) is 0 Å². The van der Waals surface area contributed by atoms with Gasteiger partial charge in [0, 0.05) is 34.3 Å². The summed E-state index contributed by atoms with van der Waals surface area (Å²) in [7, 11) is 1.93. The number of hydrogen-bond donors (Lipinski definition) is 1. The highest BCUT2D eigenvalue weighted by atomic mass is 35.5. The van der Waals surface area contributed by atoms with Gasteiger partial charge >= 0.3 is 0 Å². The fourth-order valence-corrected chi connectivity index (χ4v) is 2.64. The first kappa shape index (κ1) is 13.1. The highest BCUT2D eigenvalue weighted by molar-refractivity contribution is 6.33. The molecular weight excluding hydrogens is 268 g/mol. The minimum Gasteiger partial charge on any atom is -0.316 e. The lowest BCUT2D eigenvalue weighted by molar-refractivity contribution is 0.818. The van der Waals surface area contributed by atoms with E-state index in [9.17, 15) is 0 Å². The maximum absolute atomic E-state index is 6.40. The molecule has 0 aliphatic rings. The van der Waals surface area contributed by atoms with Crippen molar-refractivity contribution in [1.29, 1.82) is 0 Å². The van der Waals surface area contributed by atoms with Crippen molar-refractivity contribution >= 4 is 22.5 Å². The highest BCUT2D eigenvalue weighted by Gasteiger charge is 2.06. The molecule has 0 saturated heterocycles. The zero-order valence-corrected chi connectivity index (χ0v) is 12.0. The van der Waals surface area contributed by atoms with E-state index in [1.807, 2.05) is 37.5 Å². The van der Waals surface area contributed by atoms with Crippen molar-refractivity contribution in [2.24, 2.45) is 0 Å². The van der Waals surface area contributed by atoms with E-state index in [0.717, 1.165) is 33.6 Å². The van der Waals surface area contributed by atoms with Gasteiger partial charge in [0.2, 0.25) is 0 Å². The largest absolute Gasteiger partial charge is 0.316 e. The van der Waals surface area contributed by atoms with Crippen LogP contribution < -0.4 is 5.32 Å². The summed E-state index contributed by atoms with van der Waals surface area (Å²) >= 11 is 6.40. The zero-order chi connectivity index (χ0) is 13.9. The van der Waals surface area contributed by atoms with Gasteiger partial charge in [-0.3, -0.25) is 4.98 Å². The Morgan fingerprint density at radius 3 is 2.75 bits per heavy atom. The first-order valence-corrected chi connectivity index (χ1v) is 6.94. The summed E-state index contributed by atoms with van der Waals surface area (Å²) in [5.74, 6) is 0. The predicted octanol–water partition coefficient (Wildman–Crippen LogP) is 4.27. The third-order valence-corrected chi connectivity index (χ3v) is 3.63. The minimum absolute atomic E-state index is 0.759. The molecule has 0 amide bonds. The van der Waals surface area contributed by atoms with Gasteiger partial charge in [0.1, 0.15) is 0 Å². The number of benzene rings is 2. The number of rotatable bonds is 3. The monoisotopic (exact) mass is 282 g/mol. The fourth-order valence-electron chi connectivity index (χ4n) is 2.33. The van der Waals surface area contributed by atoms with Crippen molar-refractivity contribution in [3.05, 3.63) is 65.3 Å². The molecule has 0 radical (unpaired) electrons. The molecular formula is C17H15ClN2. The summed E-state index contributed by atoms with van der Waals surface area (Å²) in [5, 5.41) is 5.01. The standard InChI is InChI=1S/C17H15ClN2/c1-19-10-12-6-7-15(16(18)8-12)14-9-13-4-2-3-5-17(13)20-11-14/h2-9,11,19H,10H2,1H3. The van der Waals surface area contributed by atoms with Crippen LogP contribution in [0.4, 0.5) is 0 Å². The van der Waals surface area contributed by atoms with Crippen molar-refractivity contribution in [3.8, 4) is 11.1 Å². The Hall–Kier alpha value is -1.90. The average Bonchev–Trinajstić information content (AvgIpc) is 2.47. The number of fused-ring (bicyclic) bond motifs is 1. The third kappa shape index (κ3) is 2.53. The van der Waals surface area contributed by atoms with Crippen LogP contribution in [0.3, 0.4) is 0 Å². The topological polar surface area (TPSA) is 24.9 Å². The molecule has 0 atom stereocenters. The lowest BCUT2D eigenvalue weighted by Crippen LogP contribution is -2.04. The van der Waals surface area contributed by atoms with Gasteiger partial charge in [0.25, 0.3) is 0 Å². The Bertz CT molecular complexity index is 753. The molecule has 1 aromatic heterocycles. The fraction of sp³-hybridized carbons (Fsp3) is 0.118. The van der Waals surface area contributed by atoms with E-state index in [4.69, 9.17) is 11.6 Å². The predicted molar refractivity (Wildman–Crippen MR) is 85.0 cm³/mol. The number of aromatic nitrogens is 1. The first-order valence-electron chi connectivity index (χ1n) is 6.56. The smallest absolute Gasteiger partial charge is 0.0702 e. The molecule has 0 aliphatic carbocycles. The van der Waals surface area contributed by atoms with Gasteiger partial charge in [0.15, 0.2) is 0 Å². The Kier molecular flexibility index (Phi) is 3.68. The molecule has 1 heterocycles. The molecule has 3 heteroatoms. The number of nitrogens with one attached hydrogen (secondary N) is 1. The van der Waals surface area contributed by atoms with Crippen LogP contribution in [-0.2, 0) is 6.54 Å². The lowest BCUT2D eigenvalue weighted by Gasteiger charge is -2.08. The van der Waals surface area contributed by atoms with Crippen LogP contribution in [-0.4, -0.2) is 12.0 Å². The molecule has 3 aromatic rings. The van der Waals surface area contributed by atoms with Gasteiger partial charge in [-0.1, -0.05) is 41.9 Å². The molecule has 100 valence electrons. The quantitative estimate of drug-likeness (QED) is 0.776. The molecule has 2 nitrogen and oxygen atoms in total. The van der Waals surface area contributed by atoms with Crippen LogP contribution in [0.5, 0.6) is 0 Å².